The van der Waals surface area contributed by atoms with Crippen molar-refractivity contribution < 1.29 is 4.79 Å². The van der Waals surface area contributed by atoms with Crippen LogP contribution in [0.4, 0.5) is 0 Å². The van der Waals surface area contributed by atoms with Crippen molar-refractivity contribution in [3.8, 4) is 0 Å². The largest absolute Gasteiger partial charge is 0.343 e. The average Bonchev–Trinajstić information content (AvgIpc) is 3.01. The Morgan fingerprint density at radius 2 is 2.13 bits per heavy atom. The first-order valence-electron chi connectivity index (χ1n) is 7.69. The fourth-order valence-electron chi connectivity index (χ4n) is 3.09. The molecule has 0 unspecified atom stereocenters. The summed E-state index contributed by atoms with van der Waals surface area (Å²) in [6.07, 6.45) is 0.925. The van der Waals surface area contributed by atoms with Gasteiger partial charge in [0.15, 0.2) is 5.82 Å². The van der Waals surface area contributed by atoms with Crippen molar-refractivity contribution in [3.63, 3.8) is 0 Å². The first-order valence-corrected chi connectivity index (χ1v) is 7.69. The highest BCUT2D eigenvalue weighted by molar-refractivity contribution is 5.90. The first kappa shape index (κ1) is 15.4. The zero-order valence-electron chi connectivity index (χ0n) is 13.8. The Labute approximate surface area is 133 Å². The summed E-state index contributed by atoms with van der Waals surface area (Å²) in [5.74, 6) is 1.89. The normalized spacial score (nSPS) is 17.6. The summed E-state index contributed by atoms with van der Waals surface area (Å²) in [5.41, 5.74) is -0.400. The van der Waals surface area contributed by atoms with Crippen LogP contribution in [0, 0.1) is 12.8 Å². The number of fused-ring (bicyclic) bond motifs is 1. The van der Waals surface area contributed by atoms with Gasteiger partial charge in [-0.15, -0.1) is 15.3 Å². The summed E-state index contributed by atoms with van der Waals surface area (Å²) in [4.78, 5) is 28.3. The van der Waals surface area contributed by atoms with Crippen LogP contribution in [0.2, 0.25) is 0 Å². The highest BCUT2D eigenvalue weighted by atomic mass is 16.2. The topological polar surface area (TPSA) is 102 Å². The zero-order valence-corrected chi connectivity index (χ0v) is 13.8. The molecule has 1 N–H and O–H groups in total. The number of amides is 1. The van der Waals surface area contributed by atoms with Crippen molar-refractivity contribution in [1.29, 1.82) is 0 Å². The van der Waals surface area contributed by atoms with Crippen LogP contribution in [-0.4, -0.2) is 46.9 Å². The van der Waals surface area contributed by atoms with Crippen molar-refractivity contribution in [1.82, 2.24) is 34.4 Å². The molecule has 0 saturated heterocycles. The van der Waals surface area contributed by atoms with Crippen molar-refractivity contribution in [2.24, 2.45) is 13.0 Å². The summed E-state index contributed by atoms with van der Waals surface area (Å²) < 4.78 is 3.24. The van der Waals surface area contributed by atoms with Gasteiger partial charge in [0.1, 0.15) is 5.82 Å². The van der Waals surface area contributed by atoms with E-state index in [2.05, 4.69) is 38.7 Å². The molecule has 2 aromatic rings. The molecule has 0 aromatic carbocycles. The molecule has 1 atom stereocenters. The van der Waals surface area contributed by atoms with Crippen molar-refractivity contribution >= 4 is 5.91 Å². The number of nitrogens with zero attached hydrogens (tertiary/aromatic N) is 6. The van der Waals surface area contributed by atoms with Crippen molar-refractivity contribution in [2.75, 3.05) is 6.54 Å². The molecule has 1 aliphatic heterocycles. The molecular formula is C14H21N7O2. The summed E-state index contributed by atoms with van der Waals surface area (Å²) in [7, 11) is 1.51. The van der Waals surface area contributed by atoms with Gasteiger partial charge in [0.05, 0.1) is 12.6 Å². The number of hydrogen-bond acceptors (Lipinski definition) is 5. The molecule has 9 nitrogen and oxygen atoms in total. The van der Waals surface area contributed by atoms with Crippen LogP contribution in [0.3, 0.4) is 0 Å². The van der Waals surface area contributed by atoms with E-state index in [0.29, 0.717) is 19.0 Å². The SMILES string of the molecule is Cc1nnc2n1[C@@H](CC(C)C)CN(C(=O)c1nn(C)c(=O)[nH]1)C2. The molecule has 23 heavy (non-hydrogen) atoms. The van der Waals surface area contributed by atoms with Gasteiger partial charge in [-0.1, -0.05) is 13.8 Å². The highest BCUT2D eigenvalue weighted by Crippen LogP contribution is 2.27. The minimum atomic E-state index is -0.400. The number of aromatic nitrogens is 6. The quantitative estimate of drug-likeness (QED) is 0.874. The summed E-state index contributed by atoms with van der Waals surface area (Å²) in [5, 5.41) is 12.3. The molecule has 3 heterocycles. The zero-order chi connectivity index (χ0) is 16.7. The predicted molar refractivity (Wildman–Crippen MR) is 81.8 cm³/mol. The summed E-state index contributed by atoms with van der Waals surface area (Å²) >= 11 is 0. The van der Waals surface area contributed by atoms with Gasteiger partial charge in [-0.25, -0.2) is 9.48 Å². The van der Waals surface area contributed by atoms with Crippen LogP contribution in [0.15, 0.2) is 4.79 Å². The standard InChI is InChI=1S/C14H21N7O2/c1-8(2)5-10-6-20(7-11-17-16-9(3)21(10)11)13(22)12-15-14(23)19(4)18-12/h8,10H,5-7H2,1-4H3,(H,15,18,23)/t10-/m0/s1. The van der Waals surface area contributed by atoms with Crippen LogP contribution >= 0.6 is 0 Å². The third-order valence-electron chi connectivity index (χ3n) is 4.07. The van der Waals surface area contributed by atoms with Crippen LogP contribution in [0.25, 0.3) is 0 Å². The van der Waals surface area contributed by atoms with E-state index in [-0.39, 0.29) is 17.8 Å². The molecule has 0 spiro atoms. The van der Waals surface area contributed by atoms with Crippen LogP contribution in [0.5, 0.6) is 0 Å². The Hall–Kier alpha value is -2.45. The lowest BCUT2D eigenvalue weighted by molar-refractivity contribution is 0.0648. The summed E-state index contributed by atoms with van der Waals surface area (Å²) in [6, 6.07) is 0.133. The maximum absolute atomic E-state index is 12.6. The number of carbonyl (C=O) groups excluding carboxylic acids is 1. The molecule has 0 fully saturated rings. The van der Waals surface area contributed by atoms with E-state index in [9.17, 15) is 9.59 Å². The van der Waals surface area contributed by atoms with E-state index < -0.39 is 5.69 Å². The maximum Gasteiger partial charge on any atom is 0.343 e. The van der Waals surface area contributed by atoms with E-state index in [0.717, 1.165) is 22.8 Å². The van der Waals surface area contributed by atoms with Crippen LogP contribution in [-0.2, 0) is 13.6 Å². The smallest absolute Gasteiger partial charge is 0.326 e. The second-order valence-corrected chi connectivity index (χ2v) is 6.40. The Kier molecular flexibility index (Phi) is 3.78. The fraction of sp³-hybridized carbons (Fsp3) is 0.643. The number of aryl methyl sites for hydroxylation is 2. The van der Waals surface area contributed by atoms with E-state index in [1.807, 2.05) is 6.92 Å². The number of carbonyl (C=O) groups is 1. The predicted octanol–water partition coefficient (Wildman–Crippen LogP) is 0.252. The average molecular weight is 319 g/mol. The van der Waals surface area contributed by atoms with Gasteiger partial charge in [-0.05, 0) is 19.3 Å². The lowest BCUT2D eigenvalue weighted by atomic mass is 10.0. The lowest BCUT2D eigenvalue weighted by Gasteiger charge is -2.34. The van der Waals surface area contributed by atoms with Gasteiger partial charge in [0, 0.05) is 13.6 Å². The molecule has 9 heteroatoms. The summed E-state index contributed by atoms with van der Waals surface area (Å²) in [6.45, 7) is 7.15. The van der Waals surface area contributed by atoms with Crippen LogP contribution in [0.1, 0.15) is 48.6 Å². The van der Waals surface area contributed by atoms with Gasteiger partial charge >= 0.3 is 5.69 Å². The molecule has 2 aromatic heterocycles. The molecule has 1 aliphatic rings. The van der Waals surface area contributed by atoms with E-state index in [1.54, 1.807) is 4.90 Å². The molecule has 0 bridgehead atoms. The molecular weight excluding hydrogens is 298 g/mol. The number of aromatic amines is 1. The fourth-order valence-corrected chi connectivity index (χ4v) is 3.09. The minimum absolute atomic E-state index is 0.0606. The molecule has 0 aliphatic carbocycles. The molecule has 124 valence electrons. The van der Waals surface area contributed by atoms with Crippen molar-refractivity contribution in [3.05, 3.63) is 28.0 Å². The Balaban J connectivity index is 1.90. The van der Waals surface area contributed by atoms with Gasteiger partial charge in [0.25, 0.3) is 5.91 Å². The monoisotopic (exact) mass is 319 g/mol. The van der Waals surface area contributed by atoms with Gasteiger partial charge in [-0.3, -0.25) is 9.78 Å². The number of nitrogens with one attached hydrogen (secondary N) is 1. The van der Waals surface area contributed by atoms with Gasteiger partial charge < -0.3 is 9.47 Å². The number of rotatable bonds is 3. The van der Waals surface area contributed by atoms with E-state index in [4.69, 9.17) is 0 Å². The highest BCUT2D eigenvalue weighted by Gasteiger charge is 2.32. The number of H-pyrrole nitrogens is 1. The van der Waals surface area contributed by atoms with Crippen LogP contribution < -0.4 is 5.69 Å². The lowest BCUT2D eigenvalue weighted by Crippen LogP contribution is -2.42. The Morgan fingerprint density at radius 3 is 2.74 bits per heavy atom. The molecule has 3 rings (SSSR count). The minimum Gasteiger partial charge on any atom is -0.326 e. The Morgan fingerprint density at radius 1 is 1.39 bits per heavy atom. The van der Waals surface area contributed by atoms with E-state index in [1.165, 1.54) is 7.05 Å². The second kappa shape index (κ2) is 5.64. The first-order chi connectivity index (χ1) is 10.9. The molecule has 0 radical (unpaired) electrons. The molecule has 0 saturated carbocycles. The third kappa shape index (κ3) is 2.78. The van der Waals surface area contributed by atoms with Gasteiger partial charge in [0.2, 0.25) is 5.82 Å². The van der Waals surface area contributed by atoms with Gasteiger partial charge in [-0.2, -0.15) is 0 Å². The number of hydrogen-bond donors (Lipinski definition) is 1. The Bertz CT molecular complexity index is 785. The maximum atomic E-state index is 12.6. The second-order valence-electron chi connectivity index (χ2n) is 6.40. The third-order valence-corrected chi connectivity index (χ3v) is 4.07. The van der Waals surface area contributed by atoms with Crippen molar-refractivity contribution in [2.45, 2.75) is 39.8 Å². The molecule has 1 amide bonds. The van der Waals surface area contributed by atoms with E-state index >= 15 is 0 Å².